The van der Waals surface area contributed by atoms with Crippen molar-refractivity contribution >= 4 is 47.3 Å². The average molecular weight is 389 g/mol. The first-order valence-corrected chi connectivity index (χ1v) is 8.67. The number of carboxylic acids is 1. The fourth-order valence-electron chi connectivity index (χ4n) is 2.10. The van der Waals surface area contributed by atoms with E-state index in [0.717, 1.165) is 22.3 Å². The highest BCUT2D eigenvalue weighted by Gasteiger charge is 2.14. The summed E-state index contributed by atoms with van der Waals surface area (Å²) in [6.07, 6.45) is 7.16. The van der Waals surface area contributed by atoms with Gasteiger partial charge in [0.2, 0.25) is 0 Å². The van der Waals surface area contributed by atoms with E-state index in [1.54, 1.807) is 13.1 Å². The van der Waals surface area contributed by atoms with Crippen LogP contribution in [0, 0.1) is 10.8 Å². The Labute approximate surface area is 161 Å². The molecule has 1 rings (SSSR count). The number of allylic oxidation sites excluding steroid dienone is 4. The number of hydrogen-bond donors (Lipinski definition) is 6. The van der Waals surface area contributed by atoms with Crippen LogP contribution in [0.1, 0.15) is 16.3 Å². The van der Waals surface area contributed by atoms with Crippen LogP contribution in [0.5, 0.6) is 0 Å². The zero-order valence-electron chi connectivity index (χ0n) is 15.1. The average Bonchev–Trinajstić information content (AvgIpc) is 3.02. The number of nitrogens with zero attached hydrogens (tertiary/aromatic N) is 2. The lowest BCUT2D eigenvalue weighted by molar-refractivity contribution is -0.132. The predicted octanol–water partition coefficient (Wildman–Crippen LogP) is 1.64. The first kappa shape index (κ1) is 21.8. The van der Waals surface area contributed by atoms with Crippen molar-refractivity contribution in [1.82, 2.24) is 4.98 Å². The molecule has 0 aliphatic rings. The second-order valence-corrected chi connectivity index (χ2v) is 6.34. The maximum atomic E-state index is 11.2. The molecule has 0 atom stereocenters. The molecule has 0 radical (unpaired) electrons. The first-order chi connectivity index (χ1) is 12.9. The van der Waals surface area contributed by atoms with Gasteiger partial charge in [-0.2, -0.15) is 0 Å². The Hall–Kier alpha value is -3.27. The maximum absolute atomic E-state index is 11.2. The molecule has 8 N–H and O–H groups in total. The number of hydrogen-bond acceptors (Lipinski definition) is 9. The largest absolute Gasteiger partial charge is 0.478 e. The number of aromatic nitrogens is 1. The van der Waals surface area contributed by atoms with Gasteiger partial charge in [0.15, 0.2) is 0 Å². The van der Waals surface area contributed by atoms with Crippen LogP contribution in [0.15, 0.2) is 34.1 Å². The van der Waals surface area contributed by atoms with E-state index in [2.05, 4.69) is 15.3 Å². The number of rotatable bonds is 10. The molecule has 0 saturated carbocycles. The minimum absolute atomic E-state index is 0.0820. The van der Waals surface area contributed by atoms with Gasteiger partial charge in [-0.05, 0) is 6.08 Å². The highest BCUT2D eigenvalue weighted by atomic mass is 32.1. The van der Waals surface area contributed by atoms with Crippen LogP contribution in [0.25, 0.3) is 5.57 Å². The predicted molar refractivity (Wildman–Crippen MR) is 111 cm³/mol. The molecule has 0 aliphatic carbocycles. The zero-order chi connectivity index (χ0) is 20.4. The van der Waals surface area contributed by atoms with E-state index in [-0.39, 0.29) is 17.7 Å². The summed E-state index contributed by atoms with van der Waals surface area (Å²) in [6.45, 7) is 0. The quantitative estimate of drug-likeness (QED) is 0.262. The third-order valence-corrected chi connectivity index (χ3v) is 4.46. The smallest absolute Gasteiger partial charge is 0.339 e. The van der Waals surface area contributed by atoms with Gasteiger partial charge in [-0.1, -0.05) is 6.08 Å². The van der Waals surface area contributed by atoms with Crippen molar-refractivity contribution in [2.24, 2.45) is 16.5 Å². The summed E-state index contributed by atoms with van der Waals surface area (Å²) < 4.78 is 0. The van der Waals surface area contributed by atoms with Crippen LogP contribution in [-0.2, 0) is 11.2 Å². The van der Waals surface area contributed by atoms with Gasteiger partial charge in [0.25, 0.3) is 0 Å². The molecule has 10 heteroatoms. The lowest BCUT2D eigenvalue weighted by atomic mass is 10.1. The second kappa shape index (κ2) is 10.7. The number of carboxylic acid groups (broad SMARTS) is 1. The number of anilines is 1. The van der Waals surface area contributed by atoms with Gasteiger partial charge in [-0.3, -0.25) is 4.99 Å². The summed E-state index contributed by atoms with van der Waals surface area (Å²) in [5.41, 5.74) is 12.8. The Morgan fingerprint density at radius 2 is 2.11 bits per heavy atom. The van der Waals surface area contributed by atoms with E-state index >= 15 is 0 Å². The molecule has 27 heavy (non-hydrogen) atoms. The molecule has 9 nitrogen and oxygen atoms in total. The first-order valence-electron chi connectivity index (χ1n) is 7.85. The Balaban J connectivity index is 3.22. The summed E-state index contributed by atoms with van der Waals surface area (Å²) in [7, 11) is 3.18. The Morgan fingerprint density at radius 1 is 1.41 bits per heavy atom. The molecule has 0 unspecified atom stereocenters. The number of nitrogens with two attached hydrogens (primary N) is 2. The van der Waals surface area contributed by atoms with Crippen LogP contribution >= 0.6 is 11.3 Å². The monoisotopic (exact) mass is 389 g/mol. The van der Waals surface area contributed by atoms with Crippen LogP contribution < -0.4 is 16.8 Å². The molecule has 0 aliphatic heterocycles. The number of nitrogens with one attached hydrogen (secondary N) is 3. The third kappa shape index (κ3) is 6.19. The molecule has 0 amide bonds. The zero-order valence-corrected chi connectivity index (χ0v) is 15.9. The standard InChI is InChI=1S/C17H23N7O2S/c1-22-9-12(17(25)26)13(21)4-3-10(8-19)15-16(23-2)24-14(27-15)7-11(20)5-6-18/h3,5-6,8-9,18-19,23H,4,7,20-21H2,1-2H3,(H,25,26)/b10-3+,11-5?,13-12?,18-6?,19-8?,22-9?. The molecule has 0 aromatic carbocycles. The molecule has 1 aromatic rings. The lowest BCUT2D eigenvalue weighted by Crippen LogP contribution is -2.11. The van der Waals surface area contributed by atoms with Crippen molar-refractivity contribution < 1.29 is 9.90 Å². The van der Waals surface area contributed by atoms with Crippen LogP contribution in [0.2, 0.25) is 0 Å². The number of aliphatic carboxylic acids is 1. The van der Waals surface area contributed by atoms with E-state index in [9.17, 15) is 9.90 Å². The maximum Gasteiger partial charge on any atom is 0.339 e. The molecule has 144 valence electrons. The summed E-state index contributed by atoms with van der Waals surface area (Å²) in [5, 5.41) is 27.6. The van der Waals surface area contributed by atoms with E-state index in [1.807, 2.05) is 0 Å². The number of aliphatic imine (C=N–C) groups is 1. The molecule has 0 bridgehead atoms. The molecular weight excluding hydrogens is 366 g/mol. The minimum atomic E-state index is -1.16. The van der Waals surface area contributed by atoms with Gasteiger partial charge in [0.05, 0.1) is 10.5 Å². The lowest BCUT2D eigenvalue weighted by Gasteiger charge is -2.04. The normalized spacial score (nSPS) is 13.4. The van der Waals surface area contributed by atoms with Crippen LogP contribution in [-0.4, -0.2) is 48.8 Å². The third-order valence-electron chi connectivity index (χ3n) is 3.36. The van der Waals surface area contributed by atoms with Crippen molar-refractivity contribution in [3.05, 3.63) is 39.0 Å². The highest BCUT2D eigenvalue weighted by Crippen LogP contribution is 2.30. The molecule has 0 spiro atoms. The Morgan fingerprint density at radius 3 is 2.63 bits per heavy atom. The fraction of sp³-hybridized carbons (Fsp3) is 0.235. The summed E-state index contributed by atoms with van der Waals surface area (Å²) in [5.74, 6) is -0.573. The van der Waals surface area contributed by atoms with Crippen molar-refractivity contribution in [3.8, 4) is 0 Å². The summed E-state index contributed by atoms with van der Waals surface area (Å²) in [4.78, 5) is 20.1. The van der Waals surface area contributed by atoms with Crippen molar-refractivity contribution in [2.45, 2.75) is 12.8 Å². The van der Waals surface area contributed by atoms with Crippen molar-refractivity contribution in [3.63, 3.8) is 0 Å². The van der Waals surface area contributed by atoms with Gasteiger partial charge in [0, 0.05) is 62.5 Å². The molecule has 1 heterocycles. The van der Waals surface area contributed by atoms with Gasteiger partial charge in [-0.25, -0.2) is 9.78 Å². The van der Waals surface area contributed by atoms with E-state index < -0.39 is 5.97 Å². The number of carbonyl (C=O) groups is 1. The summed E-state index contributed by atoms with van der Waals surface area (Å²) >= 11 is 1.36. The second-order valence-electron chi connectivity index (χ2n) is 5.26. The molecular formula is C17H23N7O2S. The molecule has 0 saturated heterocycles. The summed E-state index contributed by atoms with van der Waals surface area (Å²) in [6, 6.07) is 0. The van der Waals surface area contributed by atoms with Crippen molar-refractivity contribution in [2.75, 3.05) is 19.4 Å². The van der Waals surface area contributed by atoms with E-state index in [1.165, 1.54) is 30.7 Å². The van der Waals surface area contributed by atoms with Gasteiger partial charge >= 0.3 is 5.97 Å². The Bertz CT molecular complexity index is 834. The van der Waals surface area contributed by atoms with E-state index in [0.29, 0.717) is 23.5 Å². The van der Waals surface area contributed by atoms with Crippen molar-refractivity contribution in [1.29, 1.82) is 10.8 Å². The fourth-order valence-corrected chi connectivity index (χ4v) is 3.21. The van der Waals surface area contributed by atoms with Gasteiger partial charge < -0.3 is 32.7 Å². The number of thiazole rings is 1. The highest BCUT2D eigenvalue weighted by molar-refractivity contribution is 7.13. The molecule has 1 aromatic heterocycles. The van der Waals surface area contributed by atoms with E-state index in [4.69, 9.17) is 22.3 Å². The Kier molecular flexibility index (Phi) is 8.60. The molecule has 0 fully saturated rings. The van der Waals surface area contributed by atoms with Gasteiger partial charge in [0.1, 0.15) is 10.8 Å². The topological polar surface area (TPSA) is 174 Å². The minimum Gasteiger partial charge on any atom is -0.478 e. The van der Waals surface area contributed by atoms with Gasteiger partial charge in [-0.15, -0.1) is 11.3 Å². The SMILES string of the molecule is CN=CC(C(=O)O)=C(N)C/C=C(\C=N)c1sc(CC(N)=CC=N)nc1NC. The van der Waals surface area contributed by atoms with Crippen LogP contribution in [0.4, 0.5) is 5.82 Å². The van der Waals surface area contributed by atoms with Crippen LogP contribution in [0.3, 0.4) is 0 Å².